The molecule has 1 aliphatic heterocycles. The summed E-state index contributed by atoms with van der Waals surface area (Å²) >= 11 is 0. The molecule has 0 spiro atoms. The maximum absolute atomic E-state index is 13.3. The summed E-state index contributed by atoms with van der Waals surface area (Å²) in [5, 5.41) is 3.54. The average molecular weight is 283 g/mol. The summed E-state index contributed by atoms with van der Waals surface area (Å²) in [6.07, 6.45) is 2.27. The first-order valence-corrected chi connectivity index (χ1v) is 7.74. The van der Waals surface area contributed by atoms with Gasteiger partial charge < -0.3 is 5.32 Å². The van der Waals surface area contributed by atoms with Crippen molar-refractivity contribution in [3.63, 3.8) is 0 Å². The highest BCUT2D eigenvalue weighted by molar-refractivity contribution is 5.73. The predicted molar refractivity (Wildman–Crippen MR) is 87.3 cm³/mol. The van der Waals surface area contributed by atoms with Crippen molar-refractivity contribution >= 4 is 5.69 Å². The molecular weight excluding hydrogens is 261 g/mol. The number of aryl methyl sites for hydroxylation is 1. The lowest BCUT2D eigenvalue weighted by Crippen LogP contribution is -2.26. The van der Waals surface area contributed by atoms with E-state index < -0.39 is 0 Å². The Morgan fingerprint density at radius 2 is 1.86 bits per heavy atom. The van der Waals surface area contributed by atoms with E-state index in [9.17, 15) is 4.39 Å². The van der Waals surface area contributed by atoms with Crippen molar-refractivity contribution in [3.05, 3.63) is 53.3 Å². The lowest BCUT2D eigenvalue weighted by Gasteiger charge is -2.26. The number of hydrogen-bond donors (Lipinski definition) is 1. The summed E-state index contributed by atoms with van der Waals surface area (Å²) < 4.78 is 13.3. The van der Waals surface area contributed by atoms with Crippen LogP contribution in [0.2, 0.25) is 0 Å². The maximum Gasteiger partial charge on any atom is 0.123 e. The molecule has 0 aromatic heterocycles. The highest BCUT2D eigenvalue weighted by Crippen LogP contribution is 2.43. The Morgan fingerprint density at radius 3 is 2.52 bits per heavy atom. The van der Waals surface area contributed by atoms with Crippen molar-refractivity contribution in [1.82, 2.24) is 0 Å². The first-order valence-electron chi connectivity index (χ1n) is 7.74. The molecule has 0 aliphatic carbocycles. The standard InChI is InChI=1S/C19H22FN/c1-4-19(5-2)12-21-18-9-6-14(11-17(18)19)16-8-7-15(20)10-13(16)3/h6-11,21H,4-5,12H2,1-3H3. The SMILES string of the molecule is CCC1(CC)CNc2ccc(-c3ccc(F)cc3C)cc21. The van der Waals surface area contributed by atoms with E-state index in [2.05, 4.69) is 37.4 Å². The normalized spacial score (nSPS) is 15.6. The van der Waals surface area contributed by atoms with Gasteiger partial charge in [0, 0.05) is 17.6 Å². The zero-order chi connectivity index (χ0) is 15.0. The zero-order valence-electron chi connectivity index (χ0n) is 13.0. The van der Waals surface area contributed by atoms with Gasteiger partial charge in [0.05, 0.1) is 0 Å². The number of nitrogens with one attached hydrogen (secondary N) is 1. The molecule has 0 unspecified atom stereocenters. The smallest absolute Gasteiger partial charge is 0.123 e. The van der Waals surface area contributed by atoms with Crippen LogP contribution in [-0.2, 0) is 5.41 Å². The first-order chi connectivity index (χ1) is 10.1. The monoisotopic (exact) mass is 283 g/mol. The van der Waals surface area contributed by atoms with E-state index >= 15 is 0 Å². The minimum absolute atomic E-state index is 0.171. The van der Waals surface area contributed by atoms with Crippen molar-refractivity contribution in [1.29, 1.82) is 0 Å². The summed E-state index contributed by atoms with van der Waals surface area (Å²) in [5.74, 6) is -0.171. The molecule has 2 aromatic carbocycles. The van der Waals surface area contributed by atoms with Gasteiger partial charge in [-0.15, -0.1) is 0 Å². The topological polar surface area (TPSA) is 12.0 Å². The lowest BCUT2D eigenvalue weighted by atomic mass is 9.77. The van der Waals surface area contributed by atoms with Gasteiger partial charge in [0.1, 0.15) is 5.82 Å². The van der Waals surface area contributed by atoms with Crippen LogP contribution < -0.4 is 5.32 Å². The van der Waals surface area contributed by atoms with Crippen LogP contribution >= 0.6 is 0 Å². The van der Waals surface area contributed by atoms with Gasteiger partial charge in [0.2, 0.25) is 0 Å². The van der Waals surface area contributed by atoms with Gasteiger partial charge in [-0.2, -0.15) is 0 Å². The van der Waals surface area contributed by atoms with Crippen LogP contribution in [0.4, 0.5) is 10.1 Å². The maximum atomic E-state index is 13.3. The average Bonchev–Trinajstić information content (AvgIpc) is 2.86. The van der Waals surface area contributed by atoms with E-state index in [1.807, 2.05) is 13.0 Å². The molecule has 0 saturated heterocycles. The van der Waals surface area contributed by atoms with E-state index in [4.69, 9.17) is 0 Å². The second-order valence-electron chi connectivity index (χ2n) is 6.06. The Bertz CT molecular complexity index is 671. The van der Waals surface area contributed by atoms with Gasteiger partial charge in [0.15, 0.2) is 0 Å². The van der Waals surface area contributed by atoms with Gasteiger partial charge in [-0.1, -0.05) is 26.0 Å². The molecule has 1 N–H and O–H groups in total. The number of halogens is 1. The second kappa shape index (κ2) is 5.18. The van der Waals surface area contributed by atoms with Crippen LogP contribution in [-0.4, -0.2) is 6.54 Å². The summed E-state index contributed by atoms with van der Waals surface area (Å²) in [7, 11) is 0. The third kappa shape index (κ3) is 2.23. The lowest BCUT2D eigenvalue weighted by molar-refractivity contribution is 0.438. The molecule has 1 nitrogen and oxygen atoms in total. The molecule has 2 heteroatoms. The Hall–Kier alpha value is -1.83. The van der Waals surface area contributed by atoms with Gasteiger partial charge in [0.25, 0.3) is 0 Å². The highest BCUT2D eigenvalue weighted by Gasteiger charge is 2.35. The molecule has 3 rings (SSSR count). The van der Waals surface area contributed by atoms with Crippen LogP contribution in [0.3, 0.4) is 0 Å². The third-order valence-electron chi connectivity index (χ3n) is 5.06. The molecule has 110 valence electrons. The number of anilines is 1. The number of rotatable bonds is 3. The fourth-order valence-electron chi connectivity index (χ4n) is 3.50. The van der Waals surface area contributed by atoms with E-state index in [1.165, 1.54) is 16.8 Å². The minimum atomic E-state index is -0.171. The second-order valence-corrected chi connectivity index (χ2v) is 6.06. The largest absolute Gasteiger partial charge is 0.384 e. The molecule has 0 radical (unpaired) electrons. The Balaban J connectivity index is 2.11. The van der Waals surface area contributed by atoms with E-state index in [0.717, 1.165) is 30.5 Å². The molecule has 1 aliphatic rings. The number of benzene rings is 2. The summed E-state index contributed by atoms with van der Waals surface area (Å²) in [5.41, 5.74) is 6.18. The summed E-state index contributed by atoms with van der Waals surface area (Å²) in [6.45, 7) is 7.50. The van der Waals surface area contributed by atoms with Crippen LogP contribution in [0.15, 0.2) is 36.4 Å². The summed E-state index contributed by atoms with van der Waals surface area (Å²) in [6, 6.07) is 11.6. The fourth-order valence-corrected chi connectivity index (χ4v) is 3.50. The molecule has 0 atom stereocenters. The first kappa shape index (κ1) is 14.1. The predicted octanol–water partition coefficient (Wildman–Crippen LogP) is 5.28. The number of hydrogen-bond acceptors (Lipinski definition) is 1. The fraction of sp³-hybridized carbons (Fsp3) is 0.368. The third-order valence-corrected chi connectivity index (χ3v) is 5.06. The van der Waals surface area contributed by atoms with Gasteiger partial charge in [-0.3, -0.25) is 0 Å². The number of fused-ring (bicyclic) bond motifs is 1. The van der Waals surface area contributed by atoms with Gasteiger partial charge in [-0.25, -0.2) is 4.39 Å². The molecule has 0 saturated carbocycles. The molecule has 21 heavy (non-hydrogen) atoms. The Morgan fingerprint density at radius 1 is 1.10 bits per heavy atom. The molecular formula is C19H22FN. The highest BCUT2D eigenvalue weighted by atomic mass is 19.1. The molecule has 0 bridgehead atoms. The summed E-state index contributed by atoms with van der Waals surface area (Å²) in [4.78, 5) is 0. The Kier molecular flexibility index (Phi) is 3.48. The van der Waals surface area contributed by atoms with Crippen LogP contribution in [0.5, 0.6) is 0 Å². The van der Waals surface area contributed by atoms with Crippen molar-refractivity contribution in [2.45, 2.75) is 39.0 Å². The molecule has 0 amide bonds. The van der Waals surface area contributed by atoms with Crippen molar-refractivity contribution < 1.29 is 4.39 Å². The van der Waals surface area contributed by atoms with Crippen LogP contribution in [0.1, 0.15) is 37.8 Å². The molecule has 1 heterocycles. The van der Waals surface area contributed by atoms with Gasteiger partial charge in [-0.05, 0) is 66.3 Å². The van der Waals surface area contributed by atoms with Crippen molar-refractivity contribution in [2.75, 3.05) is 11.9 Å². The van der Waals surface area contributed by atoms with E-state index in [1.54, 1.807) is 12.1 Å². The van der Waals surface area contributed by atoms with E-state index in [0.29, 0.717) is 0 Å². The van der Waals surface area contributed by atoms with Crippen molar-refractivity contribution in [3.8, 4) is 11.1 Å². The Labute approximate surface area is 126 Å². The van der Waals surface area contributed by atoms with Crippen molar-refractivity contribution in [2.24, 2.45) is 0 Å². The minimum Gasteiger partial charge on any atom is -0.384 e. The van der Waals surface area contributed by atoms with E-state index in [-0.39, 0.29) is 11.2 Å². The quantitative estimate of drug-likeness (QED) is 0.807. The van der Waals surface area contributed by atoms with Crippen LogP contribution in [0.25, 0.3) is 11.1 Å². The molecule has 2 aromatic rings. The van der Waals surface area contributed by atoms with Gasteiger partial charge >= 0.3 is 0 Å². The molecule has 0 fully saturated rings. The zero-order valence-corrected chi connectivity index (χ0v) is 13.0. The van der Waals surface area contributed by atoms with Crippen LogP contribution in [0, 0.1) is 12.7 Å².